The molecule has 0 radical (unpaired) electrons. The van der Waals surface area contributed by atoms with Crippen molar-refractivity contribution in [2.75, 3.05) is 0 Å². The van der Waals surface area contributed by atoms with Crippen LogP contribution in [0.4, 0.5) is 0 Å². The number of aryl methyl sites for hydroxylation is 1. The molecule has 5 heterocycles. The molecule has 29 heavy (non-hydrogen) atoms. The Morgan fingerprint density at radius 1 is 1.14 bits per heavy atom. The summed E-state index contributed by atoms with van der Waals surface area (Å²) in [4.78, 5) is 21.1. The molecule has 0 saturated heterocycles. The highest BCUT2D eigenvalue weighted by Gasteiger charge is 2.40. The molecule has 1 atom stereocenters. The quantitative estimate of drug-likeness (QED) is 0.483. The molecule has 1 aliphatic heterocycles. The fourth-order valence-electron chi connectivity index (χ4n) is 4.00. The zero-order valence-corrected chi connectivity index (χ0v) is 16.1. The van der Waals surface area contributed by atoms with Gasteiger partial charge in [0.05, 0.1) is 11.3 Å². The highest BCUT2D eigenvalue weighted by atomic mass is 32.1. The van der Waals surface area contributed by atoms with Gasteiger partial charge in [0.2, 0.25) is 0 Å². The number of hydrogen-bond donors (Lipinski definition) is 2. The summed E-state index contributed by atoms with van der Waals surface area (Å²) in [6, 6.07) is 7.95. The Morgan fingerprint density at radius 2 is 2.07 bits per heavy atom. The van der Waals surface area contributed by atoms with Crippen LogP contribution in [-0.4, -0.2) is 34.6 Å². The van der Waals surface area contributed by atoms with E-state index >= 15 is 0 Å². The molecule has 4 aromatic heterocycles. The van der Waals surface area contributed by atoms with E-state index < -0.39 is 5.60 Å². The summed E-state index contributed by atoms with van der Waals surface area (Å²) >= 11 is 1.57. The number of hydrogen-bond acceptors (Lipinski definition) is 6. The van der Waals surface area contributed by atoms with Crippen molar-refractivity contribution in [2.24, 2.45) is 0 Å². The summed E-state index contributed by atoms with van der Waals surface area (Å²) in [5.41, 5.74) is 4.12. The van der Waals surface area contributed by atoms with Crippen LogP contribution in [-0.2, 0) is 12.1 Å². The Morgan fingerprint density at radius 3 is 3.03 bits per heavy atom. The number of nitrogens with zero attached hydrogens (tertiary/aromatic N) is 5. The van der Waals surface area contributed by atoms with Crippen LogP contribution in [0, 0.1) is 0 Å². The second kappa shape index (κ2) is 6.07. The molecule has 0 aliphatic carbocycles. The molecule has 142 valence electrons. The van der Waals surface area contributed by atoms with Gasteiger partial charge in [0, 0.05) is 54.9 Å². The van der Waals surface area contributed by atoms with Gasteiger partial charge in [-0.2, -0.15) is 0 Å². The van der Waals surface area contributed by atoms with Crippen molar-refractivity contribution in [1.29, 1.82) is 0 Å². The van der Waals surface area contributed by atoms with Crippen LogP contribution in [0.25, 0.3) is 33.0 Å². The number of H-pyrrole nitrogens is 1. The highest BCUT2D eigenvalue weighted by molar-refractivity contribution is 7.13. The molecule has 7 nitrogen and oxygen atoms in total. The zero-order valence-electron chi connectivity index (χ0n) is 15.3. The van der Waals surface area contributed by atoms with Crippen LogP contribution in [0.15, 0.2) is 60.6 Å². The Labute approximate surface area is 169 Å². The maximum atomic E-state index is 11.3. The van der Waals surface area contributed by atoms with Crippen molar-refractivity contribution in [1.82, 2.24) is 29.5 Å². The fourth-order valence-corrected chi connectivity index (χ4v) is 4.85. The Hall–Kier alpha value is -3.36. The number of rotatable bonds is 3. The lowest BCUT2D eigenvalue weighted by Crippen LogP contribution is -2.25. The van der Waals surface area contributed by atoms with Crippen molar-refractivity contribution < 1.29 is 5.11 Å². The number of imidazole rings is 1. The fraction of sp³-hybridized carbons (Fsp3) is 0.143. The molecular weight excluding hydrogens is 384 g/mol. The van der Waals surface area contributed by atoms with Crippen molar-refractivity contribution in [3.8, 4) is 21.8 Å². The van der Waals surface area contributed by atoms with E-state index in [2.05, 4.69) is 19.9 Å². The second-order valence-corrected chi connectivity index (χ2v) is 7.99. The van der Waals surface area contributed by atoms with E-state index in [0.29, 0.717) is 12.2 Å². The first-order chi connectivity index (χ1) is 14.2. The molecule has 2 N–H and O–H groups in total. The van der Waals surface area contributed by atoms with Gasteiger partial charge in [0.1, 0.15) is 21.9 Å². The van der Waals surface area contributed by atoms with Gasteiger partial charge in [-0.3, -0.25) is 4.98 Å². The van der Waals surface area contributed by atoms with E-state index in [1.165, 1.54) is 0 Å². The lowest BCUT2D eigenvalue weighted by molar-refractivity contribution is 0.0786. The van der Waals surface area contributed by atoms with Gasteiger partial charge < -0.3 is 14.7 Å². The van der Waals surface area contributed by atoms with Crippen LogP contribution in [0.3, 0.4) is 0 Å². The van der Waals surface area contributed by atoms with Crippen molar-refractivity contribution in [2.45, 2.75) is 18.6 Å². The van der Waals surface area contributed by atoms with Crippen molar-refractivity contribution >= 4 is 22.5 Å². The summed E-state index contributed by atoms with van der Waals surface area (Å²) < 4.78 is 2.01. The monoisotopic (exact) mass is 400 g/mol. The van der Waals surface area contributed by atoms with Crippen LogP contribution in [0.5, 0.6) is 0 Å². The summed E-state index contributed by atoms with van der Waals surface area (Å²) in [6.45, 7) is 0.762. The summed E-state index contributed by atoms with van der Waals surface area (Å²) in [5.74, 6) is 0.700. The molecule has 0 fully saturated rings. The minimum Gasteiger partial charge on any atom is -0.377 e. The van der Waals surface area contributed by atoms with Gasteiger partial charge >= 0.3 is 0 Å². The third kappa shape index (κ3) is 2.46. The minimum absolute atomic E-state index is 0.621. The predicted octanol–water partition coefficient (Wildman–Crippen LogP) is 3.58. The molecule has 0 saturated carbocycles. The Balaban J connectivity index is 1.40. The smallest absolute Gasteiger partial charge is 0.156 e. The molecule has 0 unspecified atom stereocenters. The van der Waals surface area contributed by atoms with E-state index in [4.69, 9.17) is 4.98 Å². The first-order valence-electron chi connectivity index (χ1n) is 9.31. The van der Waals surface area contributed by atoms with Crippen LogP contribution < -0.4 is 0 Å². The predicted molar refractivity (Wildman–Crippen MR) is 110 cm³/mol. The first kappa shape index (κ1) is 16.6. The van der Waals surface area contributed by atoms with E-state index in [0.717, 1.165) is 45.1 Å². The number of thiazole rings is 1. The summed E-state index contributed by atoms with van der Waals surface area (Å²) in [5, 5.41) is 14.2. The maximum Gasteiger partial charge on any atom is 0.156 e. The summed E-state index contributed by atoms with van der Waals surface area (Å²) in [6.07, 6.45) is 9.51. The van der Waals surface area contributed by atoms with Gasteiger partial charge in [-0.05, 0) is 11.6 Å². The zero-order chi connectivity index (χ0) is 19.4. The molecular formula is C21H16N6OS. The van der Waals surface area contributed by atoms with Crippen LogP contribution in [0.2, 0.25) is 0 Å². The number of benzene rings is 1. The topological polar surface area (TPSA) is 92.5 Å². The third-order valence-electron chi connectivity index (χ3n) is 5.48. The number of nitrogens with one attached hydrogen (secondary N) is 1. The van der Waals surface area contributed by atoms with Gasteiger partial charge in [0.15, 0.2) is 5.65 Å². The van der Waals surface area contributed by atoms with Gasteiger partial charge in [0.25, 0.3) is 0 Å². The molecule has 8 heteroatoms. The molecule has 1 aromatic carbocycles. The second-order valence-electron chi connectivity index (χ2n) is 7.13. The first-order valence-corrected chi connectivity index (χ1v) is 10.2. The molecule has 0 amide bonds. The molecule has 0 spiro atoms. The third-order valence-corrected chi connectivity index (χ3v) is 6.35. The molecule has 6 rings (SSSR count). The van der Waals surface area contributed by atoms with Crippen LogP contribution in [0.1, 0.15) is 17.8 Å². The minimum atomic E-state index is -1.06. The highest BCUT2D eigenvalue weighted by Crippen LogP contribution is 2.39. The lowest BCUT2D eigenvalue weighted by Gasteiger charge is -2.22. The summed E-state index contributed by atoms with van der Waals surface area (Å²) in [7, 11) is 0. The van der Waals surface area contributed by atoms with Gasteiger partial charge in [-0.25, -0.2) is 15.0 Å². The van der Waals surface area contributed by atoms with Crippen LogP contribution >= 0.6 is 11.3 Å². The lowest BCUT2D eigenvalue weighted by atomic mass is 9.90. The average Bonchev–Trinajstić information content (AvgIpc) is 3.53. The number of aromatic amines is 1. The van der Waals surface area contributed by atoms with E-state index in [-0.39, 0.29) is 0 Å². The molecule has 0 bridgehead atoms. The Kier molecular flexibility index (Phi) is 3.47. The number of fused-ring (bicyclic) bond motifs is 2. The maximum absolute atomic E-state index is 11.3. The number of aromatic nitrogens is 6. The van der Waals surface area contributed by atoms with Crippen molar-refractivity contribution in [3.05, 3.63) is 72.0 Å². The van der Waals surface area contributed by atoms with E-state index in [9.17, 15) is 5.11 Å². The largest absolute Gasteiger partial charge is 0.377 e. The van der Waals surface area contributed by atoms with E-state index in [1.807, 2.05) is 46.6 Å². The molecule has 1 aliphatic rings. The average molecular weight is 400 g/mol. The normalized spacial score (nSPS) is 18.4. The van der Waals surface area contributed by atoms with Crippen molar-refractivity contribution in [3.63, 3.8) is 0 Å². The van der Waals surface area contributed by atoms with Gasteiger partial charge in [-0.15, -0.1) is 11.3 Å². The molecule has 5 aromatic rings. The SMILES string of the molecule is O[C@]1(c2cccc(-c3csc(-c4c[nH]c5nccnc45)n3)c2)CCn2ccnc21. The number of aliphatic hydroxyl groups is 1. The standard InChI is InChI=1S/C21H16N6OS/c28-21(4-8-27-9-7-24-20(21)27)14-3-1-2-13(10-14)16-12-29-19(26-16)15-11-25-18-17(15)22-5-6-23-18/h1-3,5-7,9-12,28H,4,8H2,(H,23,25)/t21-/m0/s1. The van der Waals surface area contributed by atoms with Gasteiger partial charge in [-0.1, -0.05) is 18.2 Å². The Bertz CT molecular complexity index is 1350. The van der Waals surface area contributed by atoms with E-state index in [1.54, 1.807) is 29.9 Å².